The van der Waals surface area contributed by atoms with E-state index in [0.29, 0.717) is 13.1 Å². The number of halogens is 1. The molecule has 160 valence electrons. The molecular weight excluding hydrogens is 493 g/mol. The highest BCUT2D eigenvalue weighted by Crippen LogP contribution is 2.22. The number of benzene rings is 1. The van der Waals surface area contributed by atoms with Crippen LogP contribution in [0.15, 0.2) is 29.3 Å². The molecule has 10 heteroatoms. The van der Waals surface area contributed by atoms with Crippen LogP contribution in [-0.2, 0) is 10.0 Å². The van der Waals surface area contributed by atoms with Crippen molar-refractivity contribution in [1.29, 1.82) is 0 Å². The summed E-state index contributed by atoms with van der Waals surface area (Å²) in [6.45, 7) is 8.63. The van der Waals surface area contributed by atoms with Gasteiger partial charge < -0.3 is 19.9 Å². The fraction of sp³-hybridized carbons (Fsp3) is 0.611. The van der Waals surface area contributed by atoms with Crippen molar-refractivity contribution in [3.8, 4) is 5.75 Å². The number of guanidine groups is 1. The Kier molecular flexibility index (Phi) is 10.9. The zero-order valence-corrected chi connectivity index (χ0v) is 20.0. The number of nitrogens with one attached hydrogen (secondary N) is 2. The molecule has 0 bridgehead atoms. The van der Waals surface area contributed by atoms with Gasteiger partial charge in [0.15, 0.2) is 5.96 Å². The molecule has 0 saturated carbocycles. The molecule has 1 heterocycles. The lowest BCUT2D eigenvalue weighted by molar-refractivity contribution is 0.372. The largest absolute Gasteiger partial charge is 0.497 e. The van der Waals surface area contributed by atoms with E-state index in [4.69, 9.17) is 4.74 Å². The average Bonchev–Trinajstić information content (AvgIpc) is 2.70. The maximum absolute atomic E-state index is 11.5. The third-order valence-corrected chi connectivity index (χ3v) is 5.81. The molecule has 0 spiro atoms. The Morgan fingerprint density at radius 2 is 1.93 bits per heavy atom. The molecule has 1 fully saturated rings. The first-order chi connectivity index (χ1) is 13.0. The Balaban J connectivity index is 0.00000392. The highest BCUT2D eigenvalue weighted by molar-refractivity contribution is 14.0. The van der Waals surface area contributed by atoms with Gasteiger partial charge in [-0.25, -0.2) is 13.1 Å². The van der Waals surface area contributed by atoms with Gasteiger partial charge in [0, 0.05) is 51.0 Å². The molecule has 0 aliphatic carbocycles. The number of hydrogen-bond acceptors (Lipinski definition) is 5. The van der Waals surface area contributed by atoms with Crippen molar-refractivity contribution >= 4 is 45.6 Å². The first-order valence-electron chi connectivity index (χ1n) is 9.38. The highest BCUT2D eigenvalue weighted by Gasteiger charge is 2.20. The fourth-order valence-electron chi connectivity index (χ4n) is 2.87. The van der Waals surface area contributed by atoms with Crippen molar-refractivity contribution < 1.29 is 13.2 Å². The van der Waals surface area contributed by atoms with Crippen LogP contribution < -0.4 is 19.7 Å². The number of anilines is 1. The molecular formula is C18H32IN5O3S. The minimum atomic E-state index is -3.17. The molecule has 0 unspecified atom stereocenters. The lowest BCUT2D eigenvalue weighted by Gasteiger charge is -2.37. The number of rotatable bonds is 8. The smallest absolute Gasteiger partial charge is 0.211 e. The van der Waals surface area contributed by atoms with Gasteiger partial charge in [-0.3, -0.25) is 4.99 Å². The molecule has 8 nitrogen and oxygen atoms in total. The van der Waals surface area contributed by atoms with E-state index in [1.807, 2.05) is 19.1 Å². The molecule has 0 radical (unpaired) electrons. The van der Waals surface area contributed by atoms with E-state index in [-0.39, 0.29) is 29.7 Å². The Hall–Kier alpha value is -1.27. The quantitative estimate of drug-likeness (QED) is 0.231. The third-order valence-electron chi connectivity index (χ3n) is 4.41. The molecule has 0 aromatic heterocycles. The maximum Gasteiger partial charge on any atom is 0.211 e. The molecule has 1 aromatic carbocycles. The number of piperazine rings is 1. The summed E-state index contributed by atoms with van der Waals surface area (Å²) in [5, 5.41) is 3.30. The van der Waals surface area contributed by atoms with Gasteiger partial charge in [-0.05, 0) is 26.0 Å². The number of ether oxygens (including phenoxy) is 1. The van der Waals surface area contributed by atoms with Gasteiger partial charge in [-0.15, -0.1) is 24.0 Å². The van der Waals surface area contributed by atoms with E-state index in [0.717, 1.165) is 50.1 Å². The molecule has 1 aliphatic heterocycles. The predicted octanol–water partition coefficient (Wildman–Crippen LogP) is 1.34. The lowest BCUT2D eigenvalue weighted by atomic mass is 10.2. The minimum absolute atomic E-state index is 0. The molecule has 1 aromatic rings. The second kappa shape index (κ2) is 12.3. The fourth-order valence-corrected chi connectivity index (χ4v) is 3.48. The molecule has 0 amide bonds. The molecule has 1 saturated heterocycles. The standard InChI is InChI=1S/C18H31N5O3S.HI/c1-4-19-18(20-9-10-21-27(24,25)5-2)23-13-11-22(12-14-23)16-7-6-8-17(15-16)26-3;/h6-8,15,21H,4-5,9-14H2,1-3H3,(H,19,20);1H. The van der Waals surface area contributed by atoms with Gasteiger partial charge in [0.05, 0.1) is 19.4 Å². The normalized spacial score (nSPS) is 15.2. The average molecular weight is 525 g/mol. The summed E-state index contributed by atoms with van der Waals surface area (Å²) < 4.78 is 30.8. The highest BCUT2D eigenvalue weighted by atomic mass is 127. The Morgan fingerprint density at radius 1 is 1.21 bits per heavy atom. The third kappa shape index (κ3) is 7.63. The molecule has 0 atom stereocenters. The van der Waals surface area contributed by atoms with Crippen LogP contribution in [0.1, 0.15) is 13.8 Å². The Morgan fingerprint density at radius 3 is 2.54 bits per heavy atom. The summed E-state index contributed by atoms with van der Waals surface area (Å²) in [5.74, 6) is 1.78. The van der Waals surface area contributed by atoms with E-state index in [2.05, 4.69) is 37.0 Å². The number of hydrogen-bond donors (Lipinski definition) is 2. The minimum Gasteiger partial charge on any atom is -0.497 e. The van der Waals surface area contributed by atoms with Crippen LogP contribution in [0.2, 0.25) is 0 Å². The second-order valence-corrected chi connectivity index (χ2v) is 8.30. The van der Waals surface area contributed by atoms with Gasteiger partial charge in [0.1, 0.15) is 5.75 Å². The Labute approximate surface area is 185 Å². The van der Waals surface area contributed by atoms with Gasteiger partial charge in [0.25, 0.3) is 0 Å². The van der Waals surface area contributed by atoms with E-state index >= 15 is 0 Å². The zero-order chi connectivity index (χ0) is 19.7. The van der Waals surface area contributed by atoms with Crippen LogP contribution in [-0.4, -0.2) is 78.0 Å². The van der Waals surface area contributed by atoms with Crippen molar-refractivity contribution in [2.24, 2.45) is 4.99 Å². The first kappa shape index (κ1) is 24.8. The summed E-state index contributed by atoms with van der Waals surface area (Å²) in [7, 11) is -1.49. The summed E-state index contributed by atoms with van der Waals surface area (Å²) in [4.78, 5) is 9.11. The summed E-state index contributed by atoms with van der Waals surface area (Å²) in [5.41, 5.74) is 1.16. The maximum atomic E-state index is 11.5. The Bertz CT molecular complexity index is 722. The van der Waals surface area contributed by atoms with Crippen molar-refractivity contribution in [3.63, 3.8) is 0 Å². The molecule has 1 aliphatic rings. The predicted molar refractivity (Wildman–Crippen MR) is 126 cm³/mol. The summed E-state index contributed by atoms with van der Waals surface area (Å²) in [6, 6.07) is 8.10. The van der Waals surface area contributed by atoms with Crippen LogP contribution in [0.25, 0.3) is 0 Å². The van der Waals surface area contributed by atoms with E-state index in [9.17, 15) is 8.42 Å². The zero-order valence-electron chi connectivity index (χ0n) is 16.8. The van der Waals surface area contributed by atoms with Crippen LogP contribution in [0.3, 0.4) is 0 Å². The topological polar surface area (TPSA) is 86.3 Å². The lowest BCUT2D eigenvalue weighted by Crippen LogP contribution is -2.52. The molecule has 28 heavy (non-hydrogen) atoms. The second-order valence-electron chi connectivity index (χ2n) is 6.21. The van der Waals surface area contributed by atoms with E-state index < -0.39 is 10.0 Å². The SMILES string of the molecule is CCNC(=NCCNS(=O)(=O)CC)N1CCN(c2cccc(OC)c2)CC1.I. The summed E-state index contributed by atoms with van der Waals surface area (Å²) >= 11 is 0. The van der Waals surface area contributed by atoms with Gasteiger partial charge in [-0.1, -0.05) is 6.07 Å². The van der Waals surface area contributed by atoms with Crippen LogP contribution in [0, 0.1) is 0 Å². The van der Waals surface area contributed by atoms with Crippen molar-refractivity contribution in [2.75, 3.05) is 63.6 Å². The van der Waals surface area contributed by atoms with E-state index in [1.54, 1.807) is 14.0 Å². The number of sulfonamides is 1. The summed E-state index contributed by atoms with van der Waals surface area (Å²) in [6.07, 6.45) is 0. The van der Waals surface area contributed by atoms with Crippen molar-refractivity contribution in [2.45, 2.75) is 13.8 Å². The number of nitrogens with zero attached hydrogens (tertiary/aromatic N) is 3. The van der Waals surface area contributed by atoms with Gasteiger partial charge in [0.2, 0.25) is 10.0 Å². The monoisotopic (exact) mass is 525 g/mol. The van der Waals surface area contributed by atoms with E-state index in [1.165, 1.54) is 0 Å². The number of methoxy groups -OCH3 is 1. The van der Waals surface area contributed by atoms with Gasteiger partial charge >= 0.3 is 0 Å². The van der Waals surface area contributed by atoms with Crippen LogP contribution in [0.5, 0.6) is 5.75 Å². The van der Waals surface area contributed by atoms with Crippen LogP contribution >= 0.6 is 24.0 Å². The van der Waals surface area contributed by atoms with Crippen molar-refractivity contribution in [3.05, 3.63) is 24.3 Å². The van der Waals surface area contributed by atoms with Gasteiger partial charge in [-0.2, -0.15) is 0 Å². The number of aliphatic imine (C=N–C) groups is 1. The molecule has 2 N–H and O–H groups in total. The molecule has 2 rings (SSSR count). The van der Waals surface area contributed by atoms with Crippen LogP contribution in [0.4, 0.5) is 5.69 Å². The van der Waals surface area contributed by atoms with Crippen molar-refractivity contribution in [1.82, 2.24) is 14.9 Å². The first-order valence-corrected chi connectivity index (χ1v) is 11.0.